The summed E-state index contributed by atoms with van der Waals surface area (Å²) >= 11 is 5.97. The van der Waals surface area contributed by atoms with Gasteiger partial charge in [0.15, 0.2) is 11.5 Å². The number of benzene rings is 3. The molecule has 3 aromatic rings. The second kappa shape index (κ2) is 11.4. The van der Waals surface area contributed by atoms with Crippen LogP contribution < -0.4 is 19.1 Å². The number of methoxy groups -OCH3 is 3. The number of imide groups is 1. The Bertz CT molecular complexity index is 1430. The van der Waals surface area contributed by atoms with Crippen LogP contribution in [0.2, 0.25) is 5.02 Å². The summed E-state index contributed by atoms with van der Waals surface area (Å²) in [6.45, 7) is -0.0550. The third-order valence-electron chi connectivity index (χ3n) is 6.29. The molecule has 0 aliphatic carbocycles. The molecule has 0 bridgehead atoms. The Kier molecular flexibility index (Phi) is 8.25. The highest BCUT2D eigenvalue weighted by atomic mass is 35.5. The number of nitrogens with zero attached hydrogens (tertiary/aromatic N) is 2. The number of amides is 2. The molecule has 1 aliphatic rings. The number of anilines is 1. The first kappa shape index (κ1) is 27.4. The van der Waals surface area contributed by atoms with Crippen LogP contribution in [0.1, 0.15) is 12.0 Å². The van der Waals surface area contributed by atoms with E-state index < -0.39 is 27.9 Å². The summed E-state index contributed by atoms with van der Waals surface area (Å²) < 4.78 is 44.5. The fraction of sp³-hybridized carbons (Fsp3) is 0.259. The van der Waals surface area contributed by atoms with E-state index in [2.05, 4.69) is 0 Å². The van der Waals surface area contributed by atoms with Gasteiger partial charge in [-0.1, -0.05) is 17.7 Å². The zero-order valence-corrected chi connectivity index (χ0v) is 22.7. The number of ether oxygens (including phenoxy) is 3. The van der Waals surface area contributed by atoms with Crippen LogP contribution in [-0.4, -0.2) is 58.5 Å². The van der Waals surface area contributed by atoms with Crippen molar-refractivity contribution in [1.82, 2.24) is 4.31 Å². The minimum absolute atomic E-state index is 0.0302. The predicted molar refractivity (Wildman–Crippen MR) is 142 cm³/mol. The van der Waals surface area contributed by atoms with Crippen molar-refractivity contribution in [3.63, 3.8) is 0 Å². The van der Waals surface area contributed by atoms with Crippen LogP contribution in [-0.2, 0) is 26.0 Å². The number of carbonyl (C=O) groups excluding carboxylic acids is 2. The smallest absolute Gasteiger partial charge is 0.252 e. The zero-order chi connectivity index (χ0) is 27.4. The van der Waals surface area contributed by atoms with Gasteiger partial charge in [0.25, 0.3) is 5.91 Å². The summed E-state index contributed by atoms with van der Waals surface area (Å²) in [7, 11) is 0.368. The summed E-state index contributed by atoms with van der Waals surface area (Å²) in [5.74, 6) is 0.479. The summed E-state index contributed by atoms with van der Waals surface area (Å²) in [6.07, 6.45) is -0.0305. The van der Waals surface area contributed by atoms with Crippen molar-refractivity contribution in [3.8, 4) is 17.2 Å². The number of hydrogen-bond acceptors (Lipinski definition) is 7. The van der Waals surface area contributed by atoms with Crippen LogP contribution in [0.3, 0.4) is 0 Å². The van der Waals surface area contributed by atoms with Gasteiger partial charge in [-0.2, -0.15) is 4.31 Å². The maximum absolute atomic E-state index is 13.8. The maximum atomic E-state index is 13.8. The van der Waals surface area contributed by atoms with Gasteiger partial charge in [-0.3, -0.25) is 9.59 Å². The van der Waals surface area contributed by atoms with E-state index in [-0.39, 0.29) is 24.3 Å². The third kappa shape index (κ3) is 5.47. The van der Waals surface area contributed by atoms with Gasteiger partial charge in [0, 0.05) is 11.6 Å². The molecule has 0 saturated carbocycles. The molecule has 200 valence electrons. The molecular formula is C27H27ClN2O7S. The van der Waals surface area contributed by atoms with E-state index >= 15 is 0 Å². The highest BCUT2D eigenvalue weighted by molar-refractivity contribution is 7.89. The lowest BCUT2D eigenvalue weighted by Crippen LogP contribution is -2.46. The standard InChI is InChI=1S/C27H27ClN2O7S/c1-35-21-9-7-20(8-10-21)30-26(31)17-23(27(30)32)29(38(33,34)22-11-5-19(28)6-12-22)15-14-18-4-13-24(36-2)25(16-18)37-3/h4-13,16,23H,14-15,17H2,1-3H3. The van der Waals surface area contributed by atoms with E-state index in [4.69, 9.17) is 25.8 Å². The largest absolute Gasteiger partial charge is 0.497 e. The van der Waals surface area contributed by atoms with Crippen molar-refractivity contribution in [2.24, 2.45) is 0 Å². The van der Waals surface area contributed by atoms with E-state index in [9.17, 15) is 18.0 Å². The minimum atomic E-state index is -4.17. The molecule has 1 unspecified atom stereocenters. The molecule has 0 radical (unpaired) electrons. The second-order valence-electron chi connectivity index (χ2n) is 8.49. The van der Waals surface area contributed by atoms with Crippen molar-refractivity contribution < 1.29 is 32.2 Å². The van der Waals surface area contributed by atoms with Gasteiger partial charge in [-0.15, -0.1) is 0 Å². The minimum Gasteiger partial charge on any atom is -0.497 e. The van der Waals surface area contributed by atoms with Gasteiger partial charge in [0.05, 0.1) is 38.3 Å². The molecule has 9 nitrogen and oxygen atoms in total. The molecule has 4 rings (SSSR count). The number of sulfonamides is 1. The highest BCUT2D eigenvalue weighted by Gasteiger charge is 2.46. The molecule has 1 atom stereocenters. The first-order valence-corrected chi connectivity index (χ1v) is 13.5. The van der Waals surface area contributed by atoms with E-state index in [0.717, 1.165) is 14.8 Å². The molecule has 3 aromatic carbocycles. The molecule has 38 heavy (non-hydrogen) atoms. The van der Waals surface area contributed by atoms with E-state index in [1.807, 2.05) is 0 Å². The Morgan fingerprint density at radius 3 is 2.16 bits per heavy atom. The molecule has 11 heteroatoms. The molecule has 1 fully saturated rings. The van der Waals surface area contributed by atoms with Crippen molar-refractivity contribution in [3.05, 3.63) is 77.3 Å². The second-order valence-corrected chi connectivity index (χ2v) is 10.8. The van der Waals surface area contributed by atoms with Gasteiger partial charge in [-0.05, 0) is 72.6 Å². The van der Waals surface area contributed by atoms with Crippen molar-refractivity contribution in [2.45, 2.75) is 23.8 Å². The summed E-state index contributed by atoms with van der Waals surface area (Å²) in [5.41, 5.74) is 1.11. The van der Waals surface area contributed by atoms with Gasteiger partial charge >= 0.3 is 0 Å². The van der Waals surface area contributed by atoms with Gasteiger partial charge < -0.3 is 14.2 Å². The monoisotopic (exact) mass is 558 g/mol. The molecule has 0 aromatic heterocycles. The molecule has 0 spiro atoms. The average Bonchev–Trinajstić information content (AvgIpc) is 3.21. The number of carbonyl (C=O) groups is 2. The fourth-order valence-corrected chi connectivity index (χ4v) is 6.01. The molecular weight excluding hydrogens is 532 g/mol. The Hall–Kier alpha value is -3.60. The predicted octanol–water partition coefficient (Wildman–Crippen LogP) is 3.93. The summed E-state index contributed by atoms with van der Waals surface area (Å²) in [5, 5.41) is 0.374. The Balaban J connectivity index is 1.68. The Morgan fingerprint density at radius 2 is 1.55 bits per heavy atom. The van der Waals surface area contributed by atoms with Crippen LogP contribution in [0, 0.1) is 0 Å². The molecule has 1 aliphatic heterocycles. The number of hydrogen-bond donors (Lipinski definition) is 0. The third-order valence-corrected chi connectivity index (χ3v) is 8.46. The average molecular weight is 559 g/mol. The molecule has 2 amide bonds. The summed E-state index contributed by atoms with van der Waals surface area (Å²) in [4.78, 5) is 27.5. The Labute approximate surface area is 226 Å². The van der Waals surface area contributed by atoms with Gasteiger partial charge in [-0.25, -0.2) is 13.3 Å². The maximum Gasteiger partial charge on any atom is 0.252 e. The highest BCUT2D eigenvalue weighted by Crippen LogP contribution is 2.32. The molecule has 1 saturated heterocycles. The van der Waals surface area contributed by atoms with Crippen LogP contribution in [0.5, 0.6) is 17.2 Å². The molecule has 1 heterocycles. The molecule has 0 N–H and O–H groups in total. The van der Waals surface area contributed by atoms with Crippen LogP contribution in [0.4, 0.5) is 5.69 Å². The van der Waals surface area contributed by atoms with E-state index in [1.165, 1.54) is 45.6 Å². The van der Waals surface area contributed by atoms with Crippen LogP contribution in [0.15, 0.2) is 71.6 Å². The first-order valence-electron chi connectivity index (χ1n) is 11.7. The fourth-order valence-electron chi connectivity index (χ4n) is 4.30. The summed E-state index contributed by atoms with van der Waals surface area (Å²) in [6, 6.07) is 16.2. The van der Waals surface area contributed by atoms with Crippen molar-refractivity contribution >= 4 is 39.1 Å². The lowest BCUT2D eigenvalue weighted by molar-refractivity contribution is -0.122. The normalized spacial score (nSPS) is 15.7. The number of halogens is 1. The lowest BCUT2D eigenvalue weighted by Gasteiger charge is -2.27. The Morgan fingerprint density at radius 1 is 0.895 bits per heavy atom. The van der Waals surface area contributed by atoms with Gasteiger partial charge in [0.1, 0.15) is 11.8 Å². The van der Waals surface area contributed by atoms with E-state index in [0.29, 0.717) is 28.0 Å². The van der Waals surface area contributed by atoms with Crippen molar-refractivity contribution in [2.75, 3.05) is 32.8 Å². The van der Waals surface area contributed by atoms with Crippen LogP contribution in [0.25, 0.3) is 0 Å². The van der Waals surface area contributed by atoms with E-state index in [1.54, 1.807) is 42.5 Å². The lowest BCUT2D eigenvalue weighted by atomic mass is 10.1. The SMILES string of the molecule is COc1ccc(N2C(=O)CC(N(CCc3ccc(OC)c(OC)c3)S(=O)(=O)c3ccc(Cl)cc3)C2=O)cc1. The quantitative estimate of drug-likeness (QED) is 0.347. The first-order chi connectivity index (χ1) is 18.2. The van der Waals surface area contributed by atoms with Crippen molar-refractivity contribution in [1.29, 1.82) is 0 Å². The topological polar surface area (TPSA) is 102 Å². The zero-order valence-electron chi connectivity index (χ0n) is 21.1. The van der Waals surface area contributed by atoms with Crippen LogP contribution >= 0.6 is 11.6 Å². The number of rotatable bonds is 10. The van der Waals surface area contributed by atoms with Gasteiger partial charge in [0.2, 0.25) is 15.9 Å².